The highest BCUT2D eigenvalue weighted by Gasteiger charge is 2.17. The van der Waals surface area contributed by atoms with Gasteiger partial charge in [-0.05, 0) is 63.6 Å². The summed E-state index contributed by atoms with van der Waals surface area (Å²) in [4.78, 5) is 25.6. The molecule has 32 heavy (non-hydrogen) atoms. The summed E-state index contributed by atoms with van der Waals surface area (Å²) in [5.41, 5.74) is 4.07. The number of nitrogens with one attached hydrogen (secondary N) is 1. The number of benzene rings is 1. The first kappa shape index (κ1) is 22.3. The van der Waals surface area contributed by atoms with Crippen molar-refractivity contribution >= 4 is 28.3 Å². The molecule has 0 radical (unpaired) electrons. The molecule has 1 aromatic carbocycles. The Hall–Kier alpha value is -2.86. The Bertz CT molecular complexity index is 1240. The second-order valence-electron chi connectivity index (χ2n) is 8.49. The summed E-state index contributed by atoms with van der Waals surface area (Å²) >= 11 is 6.13. The highest BCUT2D eigenvalue weighted by molar-refractivity contribution is 6.30. The molecular weight excluding hydrogens is 424 g/mol. The van der Waals surface area contributed by atoms with E-state index in [-0.39, 0.29) is 18.0 Å². The van der Waals surface area contributed by atoms with E-state index in [1.165, 1.54) is 23.1 Å². The summed E-state index contributed by atoms with van der Waals surface area (Å²) < 4.78 is 3.36. The number of nitrogens with zero attached hydrogens (tertiary/aromatic N) is 3. The first-order valence-corrected chi connectivity index (χ1v) is 11.6. The Morgan fingerprint density at radius 2 is 2.06 bits per heavy atom. The molecule has 1 aliphatic rings. The Kier molecular flexibility index (Phi) is 6.80. The number of allylic oxidation sites excluding steroid dienone is 1. The van der Waals surface area contributed by atoms with E-state index in [4.69, 9.17) is 11.6 Å². The third kappa shape index (κ3) is 4.80. The second kappa shape index (κ2) is 9.74. The zero-order valence-corrected chi connectivity index (χ0v) is 19.4. The van der Waals surface area contributed by atoms with Crippen LogP contribution in [0.1, 0.15) is 49.1 Å². The van der Waals surface area contributed by atoms with Crippen molar-refractivity contribution in [2.75, 3.05) is 6.54 Å². The first-order valence-electron chi connectivity index (χ1n) is 11.2. The van der Waals surface area contributed by atoms with Gasteiger partial charge >= 0.3 is 0 Å². The van der Waals surface area contributed by atoms with Gasteiger partial charge in [-0.2, -0.15) is 5.10 Å². The van der Waals surface area contributed by atoms with Crippen LogP contribution >= 0.6 is 11.6 Å². The fourth-order valence-corrected chi connectivity index (χ4v) is 4.71. The monoisotopic (exact) mass is 452 g/mol. The Balaban J connectivity index is 1.50. The predicted octanol–water partition coefficient (Wildman–Crippen LogP) is 4.52. The van der Waals surface area contributed by atoms with Crippen LogP contribution in [0.2, 0.25) is 5.02 Å². The van der Waals surface area contributed by atoms with Crippen molar-refractivity contribution in [1.82, 2.24) is 19.7 Å². The Morgan fingerprint density at radius 3 is 2.81 bits per heavy atom. The van der Waals surface area contributed by atoms with Gasteiger partial charge in [0.25, 0.3) is 5.56 Å². The van der Waals surface area contributed by atoms with Crippen molar-refractivity contribution in [2.45, 2.75) is 59.0 Å². The molecule has 0 spiro atoms. The zero-order valence-electron chi connectivity index (χ0n) is 18.7. The molecule has 3 aromatic rings. The quantitative estimate of drug-likeness (QED) is 0.536. The van der Waals surface area contributed by atoms with Gasteiger partial charge in [0.15, 0.2) is 0 Å². The molecule has 1 amide bonds. The number of halogens is 1. The van der Waals surface area contributed by atoms with Gasteiger partial charge in [-0.15, -0.1) is 0 Å². The van der Waals surface area contributed by atoms with Gasteiger partial charge < -0.3 is 9.88 Å². The lowest BCUT2D eigenvalue weighted by Crippen LogP contribution is -2.34. The maximum atomic E-state index is 13.2. The van der Waals surface area contributed by atoms with Gasteiger partial charge in [0.05, 0.1) is 11.6 Å². The topological polar surface area (TPSA) is 68.9 Å². The van der Waals surface area contributed by atoms with Crippen LogP contribution in [0.3, 0.4) is 0 Å². The van der Waals surface area contributed by atoms with E-state index in [0.717, 1.165) is 41.6 Å². The van der Waals surface area contributed by atoms with Crippen LogP contribution in [0.5, 0.6) is 0 Å². The van der Waals surface area contributed by atoms with Crippen LogP contribution in [-0.2, 0) is 17.9 Å². The zero-order chi connectivity index (χ0) is 22.7. The van der Waals surface area contributed by atoms with Gasteiger partial charge in [-0.1, -0.05) is 35.4 Å². The molecule has 7 heteroatoms. The van der Waals surface area contributed by atoms with E-state index < -0.39 is 0 Å². The molecule has 0 bridgehead atoms. The molecular formula is C25H29ClN4O2. The average Bonchev–Trinajstić information content (AvgIpc) is 3.01. The number of aryl methyl sites for hydroxylation is 2. The van der Waals surface area contributed by atoms with Crippen molar-refractivity contribution in [2.24, 2.45) is 0 Å². The number of carbonyl (C=O) groups is 1. The summed E-state index contributed by atoms with van der Waals surface area (Å²) in [6.07, 6.45) is 9.60. The number of carbonyl (C=O) groups excluding carboxylic acids is 1. The third-order valence-electron chi connectivity index (χ3n) is 6.28. The smallest absolute Gasteiger partial charge is 0.276 e. The summed E-state index contributed by atoms with van der Waals surface area (Å²) in [6.45, 7) is 5.05. The van der Waals surface area contributed by atoms with Crippen LogP contribution < -0.4 is 10.9 Å². The summed E-state index contributed by atoms with van der Waals surface area (Å²) in [6, 6.07) is 7.70. The number of hydrogen-bond donors (Lipinski definition) is 1. The van der Waals surface area contributed by atoms with Gasteiger partial charge in [0.2, 0.25) is 5.91 Å². The molecule has 2 heterocycles. The van der Waals surface area contributed by atoms with Gasteiger partial charge in [-0.25, -0.2) is 4.68 Å². The molecule has 168 valence electrons. The van der Waals surface area contributed by atoms with E-state index in [1.54, 1.807) is 6.20 Å². The minimum Gasteiger partial charge on any atom is -0.354 e. The number of rotatable bonds is 7. The lowest BCUT2D eigenvalue weighted by Gasteiger charge is -2.13. The van der Waals surface area contributed by atoms with Gasteiger partial charge in [0.1, 0.15) is 6.54 Å². The summed E-state index contributed by atoms with van der Waals surface area (Å²) in [5.74, 6) is -0.192. The fraction of sp³-hybridized carbons (Fsp3) is 0.400. The van der Waals surface area contributed by atoms with Crippen molar-refractivity contribution in [1.29, 1.82) is 0 Å². The molecule has 6 nitrogen and oxygen atoms in total. The van der Waals surface area contributed by atoms with Crippen LogP contribution in [0.25, 0.3) is 10.8 Å². The van der Waals surface area contributed by atoms with Crippen molar-refractivity contribution in [3.05, 3.63) is 74.4 Å². The van der Waals surface area contributed by atoms with Crippen molar-refractivity contribution < 1.29 is 4.79 Å². The van der Waals surface area contributed by atoms with Gasteiger partial charge in [-0.3, -0.25) is 9.59 Å². The first-order chi connectivity index (χ1) is 15.4. The van der Waals surface area contributed by atoms with E-state index in [1.807, 2.05) is 38.1 Å². The summed E-state index contributed by atoms with van der Waals surface area (Å²) in [5, 5.41) is 9.31. The standard InChI is InChI=1S/C25H29ClN4O2/c1-17-22-14-28-30(16-23(31)27-12-11-19-7-4-3-5-8-19)25(32)24(22)18(2)29(17)15-20-9-6-10-21(26)13-20/h6-7,9-10,13-14H,3-5,8,11-12,15-16H2,1-2H3,(H,27,31). The lowest BCUT2D eigenvalue weighted by atomic mass is 9.97. The number of aromatic nitrogens is 3. The number of amides is 1. The average molecular weight is 453 g/mol. The molecule has 4 rings (SSSR count). The van der Waals surface area contributed by atoms with Crippen molar-refractivity contribution in [3.63, 3.8) is 0 Å². The third-order valence-corrected chi connectivity index (χ3v) is 6.52. The lowest BCUT2D eigenvalue weighted by molar-refractivity contribution is -0.121. The highest BCUT2D eigenvalue weighted by atomic mass is 35.5. The largest absolute Gasteiger partial charge is 0.354 e. The highest BCUT2D eigenvalue weighted by Crippen LogP contribution is 2.24. The Morgan fingerprint density at radius 1 is 1.22 bits per heavy atom. The molecule has 0 atom stereocenters. The summed E-state index contributed by atoms with van der Waals surface area (Å²) in [7, 11) is 0. The number of hydrogen-bond acceptors (Lipinski definition) is 3. The minimum absolute atomic E-state index is 0.0776. The normalized spacial score (nSPS) is 13.9. The van der Waals surface area contributed by atoms with E-state index in [9.17, 15) is 9.59 Å². The molecule has 2 aromatic heterocycles. The fourth-order valence-electron chi connectivity index (χ4n) is 4.50. The molecule has 0 fully saturated rings. The van der Waals surface area contributed by atoms with Gasteiger partial charge in [0, 0.05) is 34.9 Å². The molecule has 1 aliphatic carbocycles. The van der Waals surface area contributed by atoms with E-state index >= 15 is 0 Å². The maximum absolute atomic E-state index is 13.2. The Labute approximate surface area is 192 Å². The molecule has 0 saturated carbocycles. The van der Waals surface area contributed by atoms with E-state index in [0.29, 0.717) is 23.5 Å². The van der Waals surface area contributed by atoms with Crippen LogP contribution in [0, 0.1) is 13.8 Å². The molecule has 1 N–H and O–H groups in total. The van der Waals surface area contributed by atoms with Crippen LogP contribution in [-0.4, -0.2) is 26.8 Å². The van der Waals surface area contributed by atoms with E-state index in [2.05, 4.69) is 21.1 Å². The van der Waals surface area contributed by atoms with Crippen LogP contribution in [0.4, 0.5) is 0 Å². The molecule has 0 saturated heterocycles. The van der Waals surface area contributed by atoms with Crippen LogP contribution in [0.15, 0.2) is 46.9 Å². The molecule has 0 aliphatic heterocycles. The predicted molar refractivity (Wildman–Crippen MR) is 128 cm³/mol. The maximum Gasteiger partial charge on any atom is 0.276 e. The number of fused-ring (bicyclic) bond motifs is 1. The second-order valence-corrected chi connectivity index (χ2v) is 8.93. The molecule has 0 unspecified atom stereocenters. The van der Waals surface area contributed by atoms with Crippen molar-refractivity contribution in [3.8, 4) is 0 Å². The SMILES string of the molecule is Cc1c2cnn(CC(=O)NCCC3=CCCCC3)c(=O)c2c(C)n1Cc1cccc(Cl)c1. The minimum atomic E-state index is -0.238.